The van der Waals surface area contributed by atoms with Crippen LogP contribution in [0, 0.1) is 0 Å². The Hall–Kier alpha value is -6.06. The van der Waals surface area contributed by atoms with Gasteiger partial charge in [-0.2, -0.15) is 0 Å². The first kappa shape index (κ1) is 26.0. The predicted octanol–water partition coefficient (Wildman–Crippen LogP) is -0.942. The lowest BCUT2D eigenvalue weighted by Gasteiger charge is -2.13. The molecular formula is C23H18N8O8. The molecule has 0 atom stereocenters. The van der Waals surface area contributed by atoms with Crippen molar-refractivity contribution in [2.75, 3.05) is 0 Å². The van der Waals surface area contributed by atoms with Crippen molar-refractivity contribution in [3.05, 3.63) is 92.8 Å². The first-order valence-corrected chi connectivity index (χ1v) is 10.7. The molecule has 39 heavy (non-hydrogen) atoms. The fraction of sp³-hybridized carbons (Fsp3) is 0.0435. The van der Waals surface area contributed by atoms with Crippen LogP contribution in [0.25, 0.3) is 22.1 Å². The smallest absolute Gasteiger partial charge is 0.301 e. The summed E-state index contributed by atoms with van der Waals surface area (Å²) in [7, 11) is 0. The SMILES string of the molecule is NC(=O)c1c(O)c2cncnc2n(O)c1=O.NC(=O)c1c(O)c2cncnc2n(OCc2ccccc2)c1=O. The van der Waals surface area contributed by atoms with Gasteiger partial charge in [-0.05, 0) is 5.56 Å². The number of carbonyl (C=O) groups is 2. The fourth-order valence-corrected chi connectivity index (χ4v) is 3.46. The molecule has 16 heteroatoms. The Balaban J connectivity index is 0.000000193. The van der Waals surface area contributed by atoms with Gasteiger partial charge in [0, 0.05) is 12.4 Å². The Morgan fingerprint density at radius 2 is 1.33 bits per heavy atom. The van der Waals surface area contributed by atoms with E-state index < -0.39 is 45.6 Å². The number of nitrogens with two attached hydrogens (primary N) is 2. The van der Waals surface area contributed by atoms with E-state index in [0.29, 0.717) is 0 Å². The van der Waals surface area contributed by atoms with Gasteiger partial charge in [0.25, 0.3) is 11.8 Å². The quantitative estimate of drug-likeness (QED) is 0.171. The molecule has 0 aliphatic rings. The molecule has 2 amide bonds. The molecule has 7 N–H and O–H groups in total. The van der Waals surface area contributed by atoms with E-state index in [1.807, 2.05) is 30.3 Å². The molecule has 5 rings (SSSR count). The van der Waals surface area contributed by atoms with E-state index >= 15 is 0 Å². The standard InChI is InChI=1S/C15H12N4O4.C8H6N4O4/c16-13(21)11-12(20)10-6-17-8-18-14(10)19(15(11)22)23-7-9-4-2-1-3-5-9;9-6(14)4-5(13)3-1-10-2-11-7(3)12(16)8(4)15/h1-6,8,20H,7H2,(H2,16,21);1-2,13,16H,(H2,9,14). The summed E-state index contributed by atoms with van der Waals surface area (Å²) in [5.41, 5.74) is 7.46. The van der Waals surface area contributed by atoms with Crippen LogP contribution in [0.5, 0.6) is 11.5 Å². The fourth-order valence-electron chi connectivity index (χ4n) is 3.46. The number of hydrogen-bond acceptors (Lipinski definition) is 12. The highest BCUT2D eigenvalue weighted by Gasteiger charge is 2.22. The third-order valence-electron chi connectivity index (χ3n) is 5.26. The van der Waals surface area contributed by atoms with E-state index in [2.05, 4.69) is 19.9 Å². The van der Waals surface area contributed by atoms with E-state index in [4.69, 9.17) is 16.3 Å². The van der Waals surface area contributed by atoms with Gasteiger partial charge in [-0.3, -0.25) is 19.2 Å². The maximum Gasteiger partial charge on any atom is 0.301 e. The lowest BCUT2D eigenvalue weighted by molar-refractivity contribution is 0.0918. The van der Waals surface area contributed by atoms with Gasteiger partial charge in [0.1, 0.15) is 41.9 Å². The Bertz CT molecular complexity index is 1850. The van der Waals surface area contributed by atoms with Gasteiger partial charge in [0.15, 0.2) is 11.3 Å². The van der Waals surface area contributed by atoms with E-state index in [-0.39, 0.29) is 33.4 Å². The Morgan fingerprint density at radius 3 is 1.90 bits per heavy atom. The van der Waals surface area contributed by atoms with Crippen LogP contribution in [-0.2, 0) is 6.61 Å². The zero-order chi connectivity index (χ0) is 28.3. The second kappa shape index (κ2) is 10.5. The van der Waals surface area contributed by atoms with Crippen molar-refractivity contribution in [1.82, 2.24) is 29.4 Å². The van der Waals surface area contributed by atoms with Gasteiger partial charge in [-0.1, -0.05) is 30.3 Å². The maximum absolute atomic E-state index is 12.4. The van der Waals surface area contributed by atoms with Crippen molar-refractivity contribution in [3.63, 3.8) is 0 Å². The van der Waals surface area contributed by atoms with Crippen molar-refractivity contribution in [2.45, 2.75) is 6.61 Å². The summed E-state index contributed by atoms with van der Waals surface area (Å²) in [6.07, 6.45) is 4.70. The van der Waals surface area contributed by atoms with Crippen molar-refractivity contribution in [3.8, 4) is 11.5 Å². The van der Waals surface area contributed by atoms with Gasteiger partial charge in [-0.15, -0.1) is 9.46 Å². The van der Waals surface area contributed by atoms with Crippen LogP contribution in [0.1, 0.15) is 26.3 Å². The number of aromatic hydroxyl groups is 2. The molecule has 0 spiro atoms. The van der Waals surface area contributed by atoms with Gasteiger partial charge >= 0.3 is 11.1 Å². The topological polar surface area (TPSA) is 252 Å². The Kier molecular flexibility index (Phi) is 7.01. The number of benzene rings is 1. The minimum Gasteiger partial charge on any atom is -0.506 e. The molecule has 4 heterocycles. The van der Waals surface area contributed by atoms with Gasteiger partial charge in [-0.25, -0.2) is 19.9 Å². The van der Waals surface area contributed by atoms with Crippen LogP contribution in [0.3, 0.4) is 0 Å². The number of hydrogen-bond donors (Lipinski definition) is 5. The normalized spacial score (nSPS) is 10.6. The first-order chi connectivity index (χ1) is 18.6. The van der Waals surface area contributed by atoms with Crippen LogP contribution in [0.2, 0.25) is 0 Å². The minimum atomic E-state index is -1.14. The summed E-state index contributed by atoms with van der Waals surface area (Å²) in [6, 6.07) is 9.14. The monoisotopic (exact) mass is 534 g/mol. The number of carbonyl (C=O) groups excluding carboxylic acids is 2. The summed E-state index contributed by atoms with van der Waals surface area (Å²) < 4.78 is 0.973. The molecule has 5 aromatic rings. The third-order valence-corrected chi connectivity index (χ3v) is 5.26. The van der Waals surface area contributed by atoms with Crippen molar-refractivity contribution in [2.24, 2.45) is 11.5 Å². The molecule has 0 fully saturated rings. The van der Waals surface area contributed by atoms with E-state index in [0.717, 1.165) is 22.8 Å². The van der Waals surface area contributed by atoms with E-state index in [9.17, 15) is 34.6 Å². The minimum absolute atomic E-state index is 0.0431. The van der Waals surface area contributed by atoms with Gasteiger partial charge in [0.05, 0.1) is 10.8 Å². The maximum atomic E-state index is 12.4. The highest BCUT2D eigenvalue weighted by Crippen LogP contribution is 2.24. The van der Waals surface area contributed by atoms with Crippen molar-refractivity contribution < 1.29 is 29.8 Å². The molecular weight excluding hydrogens is 516 g/mol. The zero-order valence-electron chi connectivity index (χ0n) is 19.6. The number of primary amides is 2. The van der Waals surface area contributed by atoms with Crippen LogP contribution in [0.15, 0.2) is 65.0 Å². The lowest BCUT2D eigenvalue weighted by atomic mass is 10.2. The Labute approximate surface area is 215 Å². The highest BCUT2D eigenvalue weighted by molar-refractivity contribution is 6.01. The van der Waals surface area contributed by atoms with Crippen LogP contribution < -0.4 is 27.4 Å². The molecule has 16 nitrogen and oxygen atoms in total. The summed E-state index contributed by atoms with van der Waals surface area (Å²) >= 11 is 0. The summed E-state index contributed by atoms with van der Waals surface area (Å²) in [6.45, 7) is 0.0722. The number of nitrogens with zero attached hydrogens (tertiary/aromatic N) is 6. The molecule has 0 bridgehead atoms. The van der Waals surface area contributed by atoms with Gasteiger partial charge in [0.2, 0.25) is 0 Å². The summed E-state index contributed by atoms with van der Waals surface area (Å²) in [5.74, 6) is -3.40. The summed E-state index contributed by atoms with van der Waals surface area (Å²) in [4.78, 5) is 66.6. The van der Waals surface area contributed by atoms with E-state index in [1.54, 1.807) is 0 Å². The number of aromatic nitrogens is 6. The largest absolute Gasteiger partial charge is 0.506 e. The summed E-state index contributed by atoms with van der Waals surface area (Å²) in [5, 5.41) is 29.1. The predicted molar refractivity (Wildman–Crippen MR) is 132 cm³/mol. The van der Waals surface area contributed by atoms with Crippen LogP contribution >= 0.6 is 0 Å². The second-order valence-electron chi connectivity index (χ2n) is 7.67. The molecule has 198 valence electrons. The number of amides is 2. The molecule has 0 unspecified atom stereocenters. The molecule has 0 radical (unpaired) electrons. The third kappa shape index (κ3) is 4.84. The first-order valence-electron chi connectivity index (χ1n) is 10.7. The zero-order valence-corrected chi connectivity index (χ0v) is 19.6. The van der Waals surface area contributed by atoms with Crippen molar-refractivity contribution >= 4 is 33.9 Å². The Morgan fingerprint density at radius 1 is 0.821 bits per heavy atom. The van der Waals surface area contributed by atoms with Crippen LogP contribution in [0.4, 0.5) is 0 Å². The lowest BCUT2D eigenvalue weighted by Crippen LogP contribution is -2.34. The molecule has 4 aromatic heterocycles. The van der Waals surface area contributed by atoms with Crippen molar-refractivity contribution in [1.29, 1.82) is 0 Å². The average molecular weight is 534 g/mol. The molecule has 0 saturated heterocycles. The molecule has 1 aromatic carbocycles. The second-order valence-corrected chi connectivity index (χ2v) is 7.67. The molecule has 0 saturated carbocycles. The number of pyridine rings is 2. The molecule has 0 aliphatic carbocycles. The van der Waals surface area contributed by atoms with E-state index in [1.165, 1.54) is 12.5 Å². The number of rotatable bonds is 5. The highest BCUT2D eigenvalue weighted by atomic mass is 16.7. The number of fused-ring (bicyclic) bond motifs is 2. The van der Waals surface area contributed by atoms with Gasteiger partial charge < -0.3 is 31.7 Å². The average Bonchev–Trinajstić information content (AvgIpc) is 2.92. The van der Waals surface area contributed by atoms with Crippen LogP contribution in [-0.4, -0.2) is 56.6 Å². The molecule has 0 aliphatic heterocycles.